The molecule has 1 aliphatic rings. The maximum absolute atomic E-state index is 6.42. The van der Waals surface area contributed by atoms with Crippen molar-refractivity contribution in [1.82, 2.24) is 39.9 Å². The van der Waals surface area contributed by atoms with E-state index in [0.29, 0.717) is 29.1 Å². The van der Waals surface area contributed by atoms with Gasteiger partial charge < -0.3 is 9.31 Å². The average Bonchev–Trinajstić information content (AvgIpc) is 4.18. The molecule has 14 aromatic rings. The summed E-state index contributed by atoms with van der Waals surface area (Å²) in [6, 6.07) is 73.0. The Morgan fingerprint density at radius 3 is 1.15 bits per heavy atom. The molecule has 14 heteroatoms. The molecule has 6 aromatic heterocycles. The first-order valence-electron chi connectivity index (χ1n) is 26.2. The number of benzene rings is 8. The van der Waals surface area contributed by atoms with Crippen LogP contribution in [-0.2, 0) is 9.31 Å². The highest BCUT2D eigenvalue weighted by Gasteiger charge is 2.53. The Balaban J connectivity index is 0.000000119. The smallest absolute Gasteiger partial charge is 0.399 e. The van der Waals surface area contributed by atoms with Crippen LogP contribution in [0.5, 0.6) is 0 Å². The molecule has 1 saturated heterocycles. The molecule has 1 fully saturated rings. The SMILES string of the molecule is CC1(C)OB(c2c3ccccc3nc3c2sc2ccccc23)OC1(C)C.Clc1nc(-c2ccccc2)nc(-c2ccccc2)n1.c1ccc(-c2nc(-c3ccccc3)nc(-c3c4ccccc4nc4c3sc3ccccc34)n2)cc1. The maximum Gasteiger partial charge on any atom is 0.497 e. The van der Waals surface area contributed by atoms with Crippen molar-refractivity contribution in [2.45, 2.75) is 38.9 Å². The van der Waals surface area contributed by atoms with E-state index in [0.717, 1.165) is 80.9 Å². The van der Waals surface area contributed by atoms with Gasteiger partial charge in [-0.3, -0.25) is 0 Å². The number of fused-ring (bicyclic) bond motifs is 8. The minimum absolute atomic E-state index is 0.202. The third kappa shape index (κ3) is 9.73. The van der Waals surface area contributed by atoms with Gasteiger partial charge >= 0.3 is 7.12 Å². The second kappa shape index (κ2) is 21.2. The minimum atomic E-state index is -0.400. The number of aromatic nitrogens is 8. The van der Waals surface area contributed by atoms with Crippen molar-refractivity contribution in [3.63, 3.8) is 0 Å². The van der Waals surface area contributed by atoms with Gasteiger partial charge in [-0.1, -0.05) is 194 Å². The molecule has 386 valence electrons. The summed E-state index contributed by atoms with van der Waals surface area (Å²) in [4.78, 5) is 37.8. The molecule has 0 aliphatic carbocycles. The fraction of sp³-hybridized carbons (Fsp3) is 0.0909. The molecule has 10 nitrogen and oxygen atoms in total. The number of nitrogens with zero attached hydrogens (tertiary/aromatic N) is 8. The molecular weight excluding hydrogens is 1050 g/mol. The van der Waals surface area contributed by atoms with Gasteiger partial charge in [-0.15, -0.1) is 22.7 Å². The van der Waals surface area contributed by atoms with Gasteiger partial charge in [0.05, 0.1) is 42.7 Å². The van der Waals surface area contributed by atoms with Crippen molar-refractivity contribution in [2.75, 3.05) is 0 Å². The predicted octanol–water partition coefficient (Wildman–Crippen LogP) is 16.5. The van der Waals surface area contributed by atoms with E-state index in [1.807, 2.05) is 140 Å². The highest BCUT2D eigenvalue weighted by molar-refractivity contribution is 7.27. The lowest BCUT2D eigenvalue weighted by atomic mass is 9.76. The molecule has 0 amide bonds. The quantitative estimate of drug-likeness (QED) is 0.149. The van der Waals surface area contributed by atoms with E-state index in [4.69, 9.17) is 45.8 Å². The first kappa shape index (κ1) is 50.8. The molecule has 0 N–H and O–H groups in total. The summed E-state index contributed by atoms with van der Waals surface area (Å²) in [5.41, 5.74) is 9.06. The third-order valence-corrected chi connectivity index (χ3v) is 17.1. The highest BCUT2D eigenvalue weighted by atomic mass is 35.5. The number of thiophene rings is 2. The fourth-order valence-corrected chi connectivity index (χ4v) is 12.4. The summed E-state index contributed by atoms with van der Waals surface area (Å²) in [5, 5.41) is 4.68. The topological polar surface area (TPSA) is 122 Å². The van der Waals surface area contributed by atoms with Crippen LogP contribution in [0.4, 0.5) is 0 Å². The lowest BCUT2D eigenvalue weighted by molar-refractivity contribution is 0.00578. The Hall–Kier alpha value is -8.69. The Labute approximate surface area is 475 Å². The van der Waals surface area contributed by atoms with Crippen molar-refractivity contribution in [3.8, 4) is 56.9 Å². The molecule has 0 radical (unpaired) electrons. The summed E-state index contributed by atoms with van der Waals surface area (Å²) in [5.74, 6) is 3.14. The van der Waals surface area contributed by atoms with Crippen LogP contribution in [0.2, 0.25) is 5.28 Å². The molecule has 0 atom stereocenters. The van der Waals surface area contributed by atoms with Crippen molar-refractivity contribution in [1.29, 1.82) is 0 Å². The summed E-state index contributed by atoms with van der Waals surface area (Å²) in [7, 11) is -0.400. The van der Waals surface area contributed by atoms with E-state index in [-0.39, 0.29) is 16.5 Å². The van der Waals surface area contributed by atoms with Crippen molar-refractivity contribution in [2.24, 2.45) is 0 Å². The molecule has 80 heavy (non-hydrogen) atoms. The Bertz CT molecular complexity index is 4460. The van der Waals surface area contributed by atoms with Crippen molar-refractivity contribution >= 4 is 109 Å². The largest absolute Gasteiger partial charge is 0.497 e. The first-order valence-corrected chi connectivity index (χ1v) is 28.2. The number of para-hydroxylation sites is 2. The van der Waals surface area contributed by atoms with E-state index in [1.165, 1.54) is 14.8 Å². The average molecular weight is 1100 g/mol. The summed E-state index contributed by atoms with van der Waals surface area (Å²) < 4.78 is 17.5. The van der Waals surface area contributed by atoms with Crippen LogP contribution in [0.3, 0.4) is 0 Å². The van der Waals surface area contributed by atoms with E-state index in [9.17, 15) is 0 Å². The monoisotopic (exact) mass is 1090 g/mol. The lowest BCUT2D eigenvalue weighted by Gasteiger charge is -2.32. The van der Waals surface area contributed by atoms with Crippen molar-refractivity contribution < 1.29 is 9.31 Å². The van der Waals surface area contributed by atoms with Gasteiger partial charge in [0.2, 0.25) is 5.28 Å². The number of halogens is 1. The lowest BCUT2D eigenvalue weighted by Crippen LogP contribution is -2.41. The second-order valence-electron chi connectivity index (χ2n) is 20.2. The Kier molecular flexibility index (Phi) is 13.4. The zero-order valence-corrected chi connectivity index (χ0v) is 46.3. The van der Waals surface area contributed by atoms with E-state index in [1.54, 1.807) is 22.7 Å². The molecule has 0 unspecified atom stereocenters. The molecule has 7 heterocycles. The highest BCUT2D eigenvalue weighted by Crippen LogP contribution is 2.43. The number of rotatable bonds is 6. The van der Waals surface area contributed by atoms with Gasteiger partial charge in [0.15, 0.2) is 29.1 Å². The molecule has 8 aromatic carbocycles. The molecule has 0 saturated carbocycles. The van der Waals surface area contributed by atoms with Crippen LogP contribution in [0.1, 0.15) is 27.7 Å². The zero-order chi connectivity index (χ0) is 54.4. The zero-order valence-electron chi connectivity index (χ0n) is 44.0. The van der Waals surface area contributed by atoms with Gasteiger partial charge in [-0.2, -0.15) is 9.97 Å². The van der Waals surface area contributed by atoms with E-state index >= 15 is 0 Å². The summed E-state index contributed by atoms with van der Waals surface area (Å²) in [6.45, 7) is 8.38. The molecule has 1 aliphatic heterocycles. The van der Waals surface area contributed by atoms with Crippen LogP contribution in [0, 0.1) is 0 Å². The third-order valence-electron chi connectivity index (χ3n) is 14.5. The van der Waals surface area contributed by atoms with Gasteiger partial charge in [-0.25, -0.2) is 29.9 Å². The summed E-state index contributed by atoms with van der Waals surface area (Å²) in [6.07, 6.45) is 0. The molecule has 15 rings (SSSR count). The molecular formula is C66H48BClN8O2S2. The molecule has 0 spiro atoms. The summed E-state index contributed by atoms with van der Waals surface area (Å²) >= 11 is 9.49. The van der Waals surface area contributed by atoms with E-state index in [2.05, 4.69) is 122 Å². The van der Waals surface area contributed by atoms with E-state index < -0.39 is 7.12 Å². The minimum Gasteiger partial charge on any atom is -0.399 e. The predicted molar refractivity (Wildman–Crippen MR) is 330 cm³/mol. The van der Waals surface area contributed by atoms with Gasteiger partial charge in [0.25, 0.3) is 0 Å². The maximum atomic E-state index is 6.42. The second-order valence-corrected chi connectivity index (χ2v) is 22.7. The normalized spacial score (nSPS) is 13.6. The van der Waals surface area contributed by atoms with Crippen molar-refractivity contribution in [3.05, 3.63) is 224 Å². The Morgan fingerprint density at radius 1 is 0.350 bits per heavy atom. The van der Waals surface area contributed by atoms with Crippen LogP contribution >= 0.6 is 34.3 Å². The fourth-order valence-electron chi connectivity index (χ4n) is 9.82. The number of hydrogen-bond donors (Lipinski definition) is 0. The van der Waals surface area contributed by atoms with Crippen LogP contribution in [-0.4, -0.2) is 58.2 Å². The van der Waals surface area contributed by atoms with Crippen LogP contribution in [0.25, 0.3) is 119 Å². The van der Waals surface area contributed by atoms with Gasteiger partial charge in [0.1, 0.15) is 0 Å². The van der Waals surface area contributed by atoms with Crippen LogP contribution in [0.15, 0.2) is 218 Å². The Morgan fingerprint density at radius 2 is 0.688 bits per heavy atom. The number of pyridine rings is 2. The number of hydrogen-bond acceptors (Lipinski definition) is 12. The first-order chi connectivity index (χ1) is 39.0. The molecule has 0 bridgehead atoms. The van der Waals surface area contributed by atoms with Gasteiger partial charge in [-0.05, 0) is 63.6 Å². The standard InChI is InChI=1S/C30H18N4S.C21H20BNO2S.C15H10ClN3/c1-3-11-19(12-4-1)28-32-29(20-13-5-2-6-14-20)34-30(33-28)25-21-15-7-9-17-23(21)31-26-22-16-8-10-18-24(22)35-27(25)26;1-20(2)21(3,4)25-22(24-20)17-13-9-5-7-11-15(13)23-18-14-10-6-8-12-16(14)26-19(17)18;16-15-18-13(11-7-3-1-4-8-11)17-14(19-15)12-9-5-2-6-10-12/h1-18H;5-12H,1-4H3;1-10H. The van der Waals surface area contributed by atoms with Crippen LogP contribution < -0.4 is 5.46 Å². The van der Waals surface area contributed by atoms with Gasteiger partial charge in [0, 0.05) is 64.2 Å².